The number of rotatable bonds is 3. The van der Waals surface area contributed by atoms with Crippen molar-refractivity contribution >= 4 is 10.0 Å². The van der Waals surface area contributed by atoms with Crippen LogP contribution in [0.4, 0.5) is 0 Å². The topological polar surface area (TPSA) is 40.6 Å². The van der Waals surface area contributed by atoms with Crippen molar-refractivity contribution in [2.75, 3.05) is 32.4 Å². The molecular formula is C12H17N2O2S. The molecule has 0 N–H and O–H groups in total. The zero-order chi connectivity index (χ0) is 12.3. The molecule has 4 nitrogen and oxygen atoms in total. The fourth-order valence-corrected chi connectivity index (χ4v) is 2.82. The van der Waals surface area contributed by atoms with Crippen LogP contribution in [0.1, 0.15) is 5.56 Å². The molecule has 0 aromatic heterocycles. The Kier molecular flexibility index (Phi) is 3.81. The van der Waals surface area contributed by atoms with E-state index >= 15 is 0 Å². The van der Waals surface area contributed by atoms with Crippen LogP contribution in [0, 0.1) is 6.07 Å². The largest absolute Gasteiger partial charge is 0.296 e. The van der Waals surface area contributed by atoms with Gasteiger partial charge in [0.15, 0.2) is 0 Å². The summed E-state index contributed by atoms with van der Waals surface area (Å²) in [7, 11) is -3.02. The number of benzene rings is 1. The standard InChI is InChI=1S/C12H17N2O2S/c1-17(15,16)14-9-7-13(8-10-14)11-12-5-3-2-4-6-12/h2-5H,7-11H2,1H3. The molecule has 0 amide bonds. The molecule has 1 aliphatic heterocycles. The van der Waals surface area contributed by atoms with Gasteiger partial charge in [-0.2, -0.15) is 4.31 Å². The number of sulfonamides is 1. The van der Waals surface area contributed by atoms with Gasteiger partial charge in [-0.05, 0) is 11.6 Å². The Hall–Kier alpha value is -0.910. The Morgan fingerprint density at radius 1 is 1.24 bits per heavy atom. The van der Waals surface area contributed by atoms with E-state index in [2.05, 4.69) is 11.0 Å². The van der Waals surface area contributed by atoms with Gasteiger partial charge in [0.2, 0.25) is 10.0 Å². The molecule has 1 aliphatic rings. The highest BCUT2D eigenvalue weighted by atomic mass is 32.2. The summed E-state index contributed by atoms with van der Waals surface area (Å²) in [6, 6.07) is 11.1. The molecule has 1 aromatic rings. The van der Waals surface area contributed by atoms with E-state index in [1.54, 1.807) is 0 Å². The normalized spacial score (nSPS) is 19.4. The second-order valence-corrected chi connectivity index (χ2v) is 6.31. The molecule has 0 spiro atoms. The van der Waals surface area contributed by atoms with Gasteiger partial charge in [-0.25, -0.2) is 8.42 Å². The molecule has 93 valence electrons. The van der Waals surface area contributed by atoms with Crippen LogP contribution >= 0.6 is 0 Å². The number of piperazine rings is 1. The Balaban J connectivity index is 1.88. The summed E-state index contributed by atoms with van der Waals surface area (Å²) in [6.07, 6.45) is 1.27. The van der Waals surface area contributed by atoms with Gasteiger partial charge in [0.05, 0.1) is 6.26 Å². The predicted molar refractivity (Wildman–Crippen MR) is 67.0 cm³/mol. The van der Waals surface area contributed by atoms with Crippen LogP contribution < -0.4 is 0 Å². The first-order valence-corrected chi connectivity index (χ1v) is 7.53. The lowest BCUT2D eigenvalue weighted by molar-refractivity contribution is 0.182. The molecule has 1 aromatic carbocycles. The Labute approximate surface area is 103 Å². The minimum absolute atomic E-state index is 0.589. The second kappa shape index (κ2) is 5.16. The maximum Gasteiger partial charge on any atom is 0.211 e. The van der Waals surface area contributed by atoms with E-state index in [0.29, 0.717) is 13.1 Å². The summed E-state index contributed by atoms with van der Waals surface area (Å²) in [5.74, 6) is 0. The molecule has 0 atom stereocenters. The van der Waals surface area contributed by atoms with Crippen molar-refractivity contribution in [2.24, 2.45) is 0 Å². The summed E-state index contributed by atoms with van der Waals surface area (Å²) < 4.78 is 24.2. The van der Waals surface area contributed by atoms with Gasteiger partial charge in [-0.1, -0.05) is 24.3 Å². The van der Waals surface area contributed by atoms with Crippen LogP contribution in [0.5, 0.6) is 0 Å². The summed E-state index contributed by atoms with van der Waals surface area (Å²) in [5, 5.41) is 0. The summed E-state index contributed by atoms with van der Waals surface area (Å²) in [6.45, 7) is 3.60. The maximum atomic E-state index is 11.4. The Bertz CT molecular complexity index is 451. The fraction of sp³-hybridized carbons (Fsp3) is 0.500. The van der Waals surface area contributed by atoms with E-state index in [1.165, 1.54) is 10.6 Å². The Morgan fingerprint density at radius 2 is 1.94 bits per heavy atom. The van der Waals surface area contributed by atoms with Gasteiger partial charge in [0.1, 0.15) is 0 Å². The third-order valence-electron chi connectivity index (χ3n) is 2.97. The lowest BCUT2D eigenvalue weighted by Crippen LogP contribution is -2.47. The van der Waals surface area contributed by atoms with E-state index in [-0.39, 0.29) is 0 Å². The van der Waals surface area contributed by atoms with Crippen LogP contribution in [-0.2, 0) is 16.6 Å². The second-order valence-electron chi connectivity index (χ2n) is 4.33. The van der Waals surface area contributed by atoms with Crippen LogP contribution in [0.2, 0.25) is 0 Å². The van der Waals surface area contributed by atoms with Gasteiger partial charge in [0, 0.05) is 32.7 Å². The van der Waals surface area contributed by atoms with E-state index in [0.717, 1.165) is 25.2 Å². The number of hydrogen-bond acceptors (Lipinski definition) is 3. The molecule has 17 heavy (non-hydrogen) atoms. The van der Waals surface area contributed by atoms with Gasteiger partial charge in [0.25, 0.3) is 0 Å². The molecule has 1 heterocycles. The highest BCUT2D eigenvalue weighted by molar-refractivity contribution is 7.88. The molecule has 0 unspecified atom stereocenters. The van der Waals surface area contributed by atoms with E-state index in [4.69, 9.17) is 0 Å². The van der Waals surface area contributed by atoms with Crippen LogP contribution in [0.15, 0.2) is 24.3 Å². The van der Waals surface area contributed by atoms with Crippen molar-refractivity contribution in [3.05, 3.63) is 35.9 Å². The average molecular weight is 253 g/mol. The minimum Gasteiger partial charge on any atom is -0.296 e. The quantitative estimate of drug-likeness (QED) is 0.790. The first kappa shape index (κ1) is 12.5. The first-order valence-electron chi connectivity index (χ1n) is 5.69. The molecule has 2 rings (SSSR count). The molecule has 1 radical (unpaired) electrons. The van der Waals surface area contributed by atoms with Crippen molar-refractivity contribution in [2.45, 2.75) is 6.54 Å². The van der Waals surface area contributed by atoms with Crippen molar-refractivity contribution in [3.8, 4) is 0 Å². The molecule has 0 saturated carbocycles. The average Bonchev–Trinajstić information content (AvgIpc) is 2.30. The lowest BCUT2D eigenvalue weighted by atomic mass is 10.2. The minimum atomic E-state index is -3.02. The molecule has 1 saturated heterocycles. The molecule has 1 fully saturated rings. The van der Waals surface area contributed by atoms with E-state index in [1.807, 2.05) is 24.3 Å². The van der Waals surface area contributed by atoms with Crippen molar-refractivity contribution in [3.63, 3.8) is 0 Å². The molecule has 0 aliphatic carbocycles. The fourth-order valence-electron chi connectivity index (χ4n) is 1.99. The number of hydrogen-bond donors (Lipinski definition) is 0. The van der Waals surface area contributed by atoms with Crippen LogP contribution in [0.3, 0.4) is 0 Å². The van der Waals surface area contributed by atoms with E-state index < -0.39 is 10.0 Å². The third kappa shape index (κ3) is 3.52. The number of nitrogens with zero attached hydrogens (tertiary/aromatic N) is 2. The van der Waals surface area contributed by atoms with Crippen molar-refractivity contribution < 1.29 is 8.42 Å². The van der Waals surface area contributed by atoms with Gasteiger partial charge in [-0.15, -0.1) is 0 Å². The lowest BCUT2D eigenvalue weighted by Gasteiger charge is -2.33. The van der Waals surface area contributed by atoms with Crippen molar-refractivity contribution in [1.29, 1.82) is 0 Å². The zero-order valence-electron chi connectivity index (χ0n) is 9.96. The maximum absolute atomic E-state index is 11.4. The van der Waals surface area contributed by atoms with Gasteiger partial charge in [-0.3, -0.25) is 4.90 Å². The summed E-state index contributed by atoms with van der Waals surface area (Å²) >= 11 is 0. The third-order valence-corrected chi connectivity index (χ3v) is 4.27. The smallest absolute Gasteiger partial charge is 0.211 e. The highest BCUT2D eigenvalue weighted by Gasteiger charge is 2.22. The molecular weight excluding hydrogens is 236 g/mol. The SMILES string of the molecule is CS(=O)(=O)N1CCN(Cc2[c]cccc2)CC1. The van der Waals surface area contributed by atoms with Gasteiger partial charge >= 0.3 is 0 Å². The van der Waals surface area contributed by atoms with E-state index in [9.17, 15) is 8.42 Å². The zero-order valence-corrected chi connectivity index (χ0v) is 10.8. The molecule has 0 bridgehead atoms. The van der Waals surface area contributed by atoms with Crippen LogP contribution in [0.25, 0.3) is 0 Å². The Morgan fingerprint density at radius 3 is 2.47 bits per heavy atom. The first-order chi connectivity index (χ1) is 8.05. The summed E-state index contributed by atoms with van der Waals surface area (Å²) in [4.78, 5) is 2.26. The molecule has 5 heteroatoms. The highest BCUT2D eigenvalue weighted by Crippen LogP contribution is 2.09. The monoisotopic (exact) mass is 253 g/mol. The predicted octanol–water partition coefficient (Wildman–Crippen LogP) is 0.564. The van der Waals surface area contributed by atoms with Crippen molar-refractivity contribution in [1.82, 2.24) is 9.21 Å². The van der Waals surface area contributed by atoms with Gasteiger partial charge < -0.3 is 0 Å². The van der Waals surface area contributed by atoms with Crippen LogP contribution in [-0.4, -0.2) is 50.1 Å². The summed E-state index contributed by atoms with van der Waals surface area (Å²) in [5.41, 5.74) is 1.15.